The monoisotopic (exact) mass is 349 g/mol. The lowest BCUT2D eigenvalue weighted by Crippen LogP contribution is -2.20. The molecule has 4 rings (SSSR count). The molecule has 3 aromatic rings. The van der Waals surface area contributed by atoms with Crippen LogP contribution in [0.3, 0.4) is 0 Å². The van der Waals surface area contributed by atoms with Gasteiger partial charge in [0.25, 0.3) is 0 Å². The van der Waals surface area contributed by atoms with Gasteiger partial charge in [0.15, 0.2) is 5.82 Å². The van der Waals surface area contributed by atoms with Gasteiger partial charge in [0.2, 0.25) is 5.69 Å². The van der Waals surface area contributed by atoms with Crippen molar-refractivity contribution in [1.82, 2.24) is 15.0 Å². The average Bonchev–Trinajstić information content (AvgIpc) is 3.30. The molecule has 6 heteroatoms. The maximum atomic E-state index is 9.45. The zero-order valence-electron chi connectivity index (χ0n) is 13.5. The van der Waals surface area contributed by atoms with Crippen molar-refractivity contribution < 1.29 is 0 Å². The molecule has 1 fully saturated rings. The molecule has 2 heterocycles. The number of hydrogen-bond acceptors (Lipinski definition) is 4. The number of rotatable bonds is 3. The van der Waals surface area contributed by atoms with Gasteiger partial charge in [-0.05, 0) is 36.2 Å². The molecule has 2 aromatic carbocycles. The minimum absolute atomic E-state index is 0.351. The van der Waals surface area contributed by atoms with Gasteiger partial charge in [-0.25, -0.2) is 0 Å². The van der Waals surface area contributed by atoms with E-state index >= 15 is 0 Å². The number of halogens is 1. The molecule has 0 radical (unpaired) electrons. The zero-order valence-corrected chi connectivity index (χ0v) is 14.3. The molecule has 124 valence electrons. The minimum atomic E-state index is 0.351. The van der Waals surface area contributed by atoms with Crippen molar-refractivity contribution in [2.45, 2.75) is 12.3 Å². The number of nitriles is 1. The average molecular weight is 350 g/mol. The molecular weight excluding hydrogens is 334 g/mol. The standard InChI is InChI=1S/C19H16ClN5/c20-16-6-8-17(9-7-16)25-22-18(12-21)19(23-25)24-11-10-15(13-24)14-4-2-1-3-5-14/h1-9,15H,10-11,13H2/t15-/m0/s1. The summed E-state index contributed by atoms with van der Waals surface area (Å²) in [5.74, 6) is 1.10. The van der Waals surface area contributed by atoms with Crippen LogP contribution in [0.1, 0.15) is 23.6 Å². The predicted octanol–water partition coefficient (Wildman–Crippen LogP) is 3.79. The van der Waals surface area contributed by atoms with Crippen molar-refractivity contribution >= 4 is 17.4 Å². The van der Waals surface area contributed by atoms with E-state index in [0.29, 0.717) is 22.5 Å². The van der Waals surface area contributed by atoms with E-state index in [4.69, 9.17) is 11.6 Å². The van der Waals surface area contributed by atoms with Gasteiger partial charge in [-0.15, -0.1) is 15.0 Å². The third kappa shape index (κ3) is 3.09. The Bertz CT molecular complexity index is 911. The second-order valence-corrected chi connectivity index (χ2v) is 6.53. The Labute approximate surface area is 151 Å². The summed E-state index contributed by atoms with van der Waals surface area (Å²) in [5.41, 5.74) is 2.46. The molecule has 25 heavy (non-hydrogen) atoms. The van der Waals surface area contributed by atoms with Gasteiger partial charge in [0.05, 0.1) is 5.69 Å². The van der Waals surface area contributed by atoms with Gasteiger partial charge in [0.1, 0.15) is 6.07 Å². The van der Waals surface area contributed by atoms with Crippen LogP contribution >= 0.6 is 11.6 Å². The van der Waals surface area contributed by atoms with Gasteiger partial charge in [-0.1, -0.05) is 41.9 Å². The lowest BCUT2D eigenvalue weighted by molar-refractivity contribution is 0.741. The Balaban J connectivity index is 1.61. The van der Waals surface area contributed by atoms with E-state index in [-0.39, 0.29) is 0 Å². The van der Waals surface area contributed by atoms with Crippen molar-refractivity contribution in [3.8, 4) is 11.8 Å². The fourth-order valence-electron chi connectivity index (χ4n) is 3.22. The molecule has 1 aliphatic heterocycles. The van der Waals surface area contributed by atoms with Crippen LogP contribution in [0.15, 0.2) is 54.6 Å². The summed E-state index contributed by atoms with van der Waals surface area (Å²) in [7, 11) is 0. The highest BCUT2D eigenvalue weighted by atomic mass is 35.5. The van der Waals surface area contributed by atoms with Crippen LogP contribution in [0.2, 0.25) is 5.02 Å². The van der Waals surface area contributed by atoms with Gasteiger partial charge in [0, 0.05) is 24.0 Å². The predicted molar refractivity (Wildman–Crippen MR) is 97.1 cm³/mol. The van der Waals surface area contributed by atoms with Gasteiger partial charge >= 0.3 is 0 Å². The number of hydrogen-bond donors (Lipinski definition) is 0. The first-order valence-electron chi connectivity index (χ1n) is 8.18. The Kier molecular flexibility index (Phi) is 4.12. The van der Waals surface area contributed by atoms with Crippen LogP contribution in [0, 0.1) is 11.3 Å². The van der Waals surface area contributed by atoms with E-state index in [0.717, 1.165) is 25.2 Å². The maximum Gasteiger partial charge on any atom is 0.207 e. The van der Waals surface area contributed by atoms with Gasteiger partial charge < -0.3 is 4.90 Å². The molecule has 1 aromatic heterocycles. The van der Waals surface area contributed by atoms with E-state index in [1.165, 1.54) is 10.4 Å². The largest absolute Gasteiger partial charge is 0.352 e. The molecule has 0 unspecified atom stereocenters. The molecular formula is C19H16ClN5. The molecule has 1 atom stereocenters. The quantitative estimate of drug-likeness (QED) is 0.722. The van der Waals surface area contributed by atoms with E-state index < -0.39 is 0 Å². The van der Waals surface area contributed by atoms with E-state index in [1.54, 1.807) is 12.1 Å². The number of nitrogens with zero attached hydrogens (tertiary/aromatic N) is 5. The van der Waals surface area contributed by atoms with Crippen LogP contribution in [-0.4, -0.2) is 28.1 Å². The minimum Gasteiger partial charge on any atom is -0.352 e. The lowest BCUT2D eigenvalue weighted by atomic mass is 9.99. The van der Waals surface area contributed by atoms with Crippen LogP contribution in [0.25, 0.3) is 5.69 Å². The fourth-order valence-corrected chi connectivity index (χ4v) is 3.35. The Morgan fingerprint density at radius 2 is 1.80 bits per heavy atom. The highest BCUT2D eigenvalue weighted by Crippen LogP contribution is 2.31. The van der Waals surface area contributed by atoms with E-state index in [2.05, 4.69) is 45.4 Å². The SMILES string of the molecule is N#Cc1nn(-c2ccc(Cl)cc2)nc1N1CC[C@H](c2ccccc2)C1. The van der Waals surface area contributed by atoms with Crippen molar-refractivity contribution in [1.29, 1.82) is 5.26 Å². The van der Waals surface area contributed by atoms with Crippen LogP contribution in [0.4, 0.5) is 5.82 Å². The third-order valence-electron chi connectivity index (χ3n) is 4.52. The first-order chi connectivity index (χ1) is 12.2. The summed E-state index contributed by atoms with van der Waals surface area (Å²) in [6.45, 7) is 1.71. The van der Waals surface area contributed by atoms with Crippen LogP contribution < -0.4 is 4.90 Å². The van der Waals surface area contributed by atoms with Crippen molar-refractivity contribution in [2.75, 3.05) is 18.0 Å². The fraction of sp³-hybridized carbons (Fsp3) is 0.211. The molecule has 1 aliphatic rings. The Morgan fingerprint density at radius 3 is 2.52 bits per heavy atom. The Hall–Kier alpha value is -2.84. The van der Waals surface area contributed by atoms with Crippen molar-refractivity contribution in [3.05, 3.63) is 70.9 Å². The summed E-state index contributed by atoms with van der Waals surface area (Å²) in [4.78, 5) is 3.65. The molecule has 0 amide bonds. The second kappa shape index (κ2) is 6.58. The highest BCUT2D eigenvalue weighted by Gasteiger charge is 2.28. The molecule has 0 spiro atoms. The first kappa shape index (κ1) is 15.7. The molecule has 0 N–H and O–H groups in total. The maximum absolute atomic E-state index is 9.45. The van der Waals surface area contributed by atoms with Crippen molar-refractivity contribution in [2.24, 2.45) is 0 Å². The molecule has 0 aliphatic carbocycles. The van der Waals surface area contributed by atoms with Gasteiger partial charge in [-0.3, -0.25) is 0 Å². The highest BCUT2D eigenvalue weighted by molar-refractivity contribution is 6.30. The Morgan fingerprint density at radius 1 is 1.04 bits per heavy atom. The number of aromatic nitrogens is 3. The normalized spacial score (nSPS) is 16.8. The van der Waals surface area contributed by atoms with Crippen molar-refractivity contribution in [3.63, 3.8) is 0 Å². The second-order valence-electron chi connectivity index (χ2n) is 6.09. The summed E-state index contributed by atoms with van der Waals surface area (Å²) in [6.07, 6.45) is 1.04. The first-order valence-corrected chi connectivity index (χ1v) is 8.55. The smallest absolute Gasteiger partial charge is 0.207 e. The van der Waals surface area contributed by atoms with Gasteiger partial charge in [-0.2, -0.15) is 5.26 Å². The molecule has 0 saturated carbocycles. The summed E-state index contributed by atoms with van der Waals surface area (Å²) in [5, 5.41) is 19.0. The third-order valence-corrected chi connectivity index (χ3v) is 4.77. The zero-order chi connectivity index (χ0) is 17.2. The summed E-state index contributed by atoms with van der Waals surface area (Å²) >= 11 is 5.93. The molecule has 5 nitrogen and oxygen atoms in total. The molecule has 0 bridgehead atoms. The van der Waals surface area contributed by atoms with E-state index in [1.807, 2.05) is 18.2 Å². The van der Waals surface area contributed by atoms with E-state index in [9.17, 15) is 5.26 Å². The lowest BCUT2D eigenvalue weighted by Gasteiger charge is -2.15. The van der Waals surface area contributed by atoms with Crippen LogP contribution in [-0.2, 0) is 0 Å². The summed E-state index contributed by atoms with van der Waals surface area (Å²) in [6, 6.07) is 19.9. The molecule has 1 saturated heterocycles. The topological polar surface area (TPSA) is 57.7 Å². The van der Waals surface area contributed by atoms with Crippen LogP contribution in [0.5, 0.6) is 0 Å². The number of anilines is 1. The number of benzene rings is 2. The summed E-state index contributed by atoms with van der Waals surface area (Å²) < 4.78 is 0.